The van der Waals surface area contributed by atoms with Gasteiger partial charge in [0.25, 0.3) is 0 Å². The van der Waals surface area contributed by atoms with E-state index in [2.05, 4.69) is 0 Å². The molecule has 2 aromatic rings. The van der Waals surface area contributed by atoms with Gasteiger partial charge in [0.15, 0.2) is 0 Å². The number of nitrogens with two attached hydrogens (primary N) is 1. The zero-order chi connectivity index (χ0) is 14.8. The lowest BCUT2D eigenvalue weighted by Gasteiger charge is -2.24. The van der Waals surface area contributed by atoms with Crippen LogP contribution in [0.25, 0.3) is 11.1 Å². The molecule has 0 aliphatic rings. The van der Waals surface area contributed by atoms with Crippen LogP contribution < -0.4 is 10.9 Å². The van der Waals surface area contributed by atoms with Gasteiger partial charge in [-0.2, -0.15) is 0 Å². The lowest BCUT2D eigenvalue weighted by atomic mass is 10.1. The number of carbonyl (C=O) groups excluding carboxylic acids is 1. The predicted octanol–water partition coefficient (Wildman–Crippen LogP) is 3.56. The third-order valence-corrected chi connectivity index (χ3v) is 2.59. The maximum absolute atomic E-state index is 11.8. The van der Waals surface area contributed by atoms with Crippen molar-refractivity contribution in [1.82, 2.24) is 0 Å². The average Bonchev–Trinajstić information content (AvgIpc) is 2.90. The van der Waals surface area contributed by atoms with Gasteiger partial charge in [-0.1, -0.05) is 12.1 Å². The van der Waals surface area contributed by atoms with Crippen LogP contribution in [0.2, 0.25) is 0 Å². The Kier molecular flexibility index (Phi) is 3.81. The smallest absolute Gasteiger partial charge is 0.429 e. The molecule has 0 spiro atoms. The molecule has 1 heterocycles. The molecule has 5 nitrogen and oxygen atoms in total. The summed E-state index contributed by atoms with van der Waals surface area (Å²) in [5, 5.41) is 0.990. The Morgan fingerprint density at radius 1 is 1.15 bits per heavy atom. The molecular weight excluding hydrogens is 256 g/mol. The number of rotatable bonds is 2. The highest BCUT2D eigenvalue weighted by Crippen LogP contribution is 2.23. The Morgan fingerprint density at radius 2 is 1.80 bits per heavy atom. The number of hydrogen-bond donors (Lipinski definition) is 1. The molecule has 0 unspecified atom stereocenters. The Balaban J connectivity index is 2.12. The maximum Gasteiger partial charge on any atom is 0.429 e. The van der Waals surface area contributed by atoms with Crippen LogP contribution in [0.1, 0.15) is 20.8 Å². The van der Waals surface area contributed by atoms with Gasteiger partial charge in [0.1, 0.15) is 5.60 Å². The largest absolute Gasteiger partial charge is 0.472 e. The third-order valence-electron chi connectivity index (χ3n) is 2.59. The number of hydrogen-bond acceptors (Lipinski definition) is 4. The summed E-state index contributed by atoms with van der Waals surface area (Å²) in [6.45, 7) is 5.38. The van der Waals surface area contributed by atoms with Crippen LogP contribution in [-0.2, 0) is 4.74 Å². The molecule has 1 amide bonds. The van der Waals surface area contributed by atoms with Gasteiger partial charge in [0.2, 0.25) is 0 Å². The molecule has 0 bridgehead atoms. The monoisotopic (exact) mass is 274 g/mol. The first kappa shape index (κ1) is 14.1. The van der Waals surface area contributed by atoms with E-state index in [1.165, 1.54) is 0 Å². The highest BCUT2D eigenvalue weighted by Gasteiger charge is 2.21. The van der Waals surface area contributed by atoms with E-state index < -0.39 is 11.7 Å². The van der Waals surface area contributed by atoms with Gasteiger partial charge in [-0.3, -0.25) is 0 Å². The summed E-state index contributed by atoms with van der Waals surface area (Å²) in [6, 6.07) is 9.11. The Bertz CT molecular complexity index is 568. The van der Waals surface area contributed by atoms with Gasteiger partial charge < -0.3 is 9.15 Å². The first-order valence-corrected chi connectivity index (χ1v) is 6.27. The molecule has 1 aromatic heterocycles. The number of benzene rings is 1. The maximum atomic E-state index is 11.8. The summed E-state index contributed by atoms with van der Waals surface area (Å²) < 4.78 is 10.2. The molecule has 20 heavy (non-hydrogen) atoms. The third kappa shape index (κ3) is 3.39. The van der Waals surface area contributed by atoms with Crippen molar-refractivity contribution >= 4 is 11.8 Å². The lowest BCUT2D eigenvalue weighted by Crippen LogP contribution is -2.41. The van der Waals surface area contributed by atoms with Crippen molar-refractivity contribution in [3.8, 4) is 11.1 Å². The summed E-state index contributed by atoms with van der Waals surface area (Å²) >= 11 is 0. The van der Waals surface area contributed by atoms with E-state index in [1.807, 2.05) is 18.2 Å². The molecule has 106 valence electrons. The van der Waals surface area contributed by atoms with Crippen molar-refractivity contribution in [2.24, 2.45) is 5.84 Å². The van der Waals surface area contributed by atoms with E-state index in [0.29, 0.717) is 5.69 Å². The van der Waals surface area contributed by atoms with Crippen LogP contribution in [-0.4, -0.2) is 11.7 Å². The topological polar surface area (TPSA) is 68.7 Å². The summed E-state index contributed by atoms with van der Waals surface area (Å²) in [6.07, 6.45) is 2.68. The van der Waals surface area contributed by atoms with Crippen LogP contribution >= 0.6 is 0 Å². The SMILES string of the molecule is CC(C)(C)OC(=O)N(N)c1ccc(-c2ccoc2)cc1. The molecule has 1 aromatic carbocycles. The van der Waals surface area contributed by atoms with Crippen LogP contribution in [0.4, 0.5) is 10.5 Å². The van der Waals surface area contributed by atoms with Crippen molar-refractivity contribution in [2.45, 2.75) is 26.4 Å². The number of nitrogens with zero attached hydrogens (tertiary/aromatic N) is 1. The van der Waals surface area contributed by atoms with Crippen molar-refractivity contribution in [2.75, 3.05) is 5.01 Å². The number of amides is 1. The van der Waals surface area contributed by atoms with Gasteiger partial charge in [-0.05, 0) is 44.5 Å². The van der Waals surface area contributed by atoms with E-state index >= 15 is 0 Å². The number of anilines is 1. The molecule has 0 atom stereocenters. The quantitative estimate of drug-likeness (QED) is 0.516. The second kappa shape index (κ2) is 5.38. The molecule has 0 aliphatic carbocycles. The summed E-state index contributed by atoms with van der Waals surface area (Å²) in [5.74, 6) is 5.75. The molecule has 0 saturated carbocycles. The van der Waals surface area contributed by atoms with Crippen LogP contribution in [0.15, 0.2) is 47.3 Å². The fourth-order valence-electron chi connectivity index (χ4n) is 1.66. The molecule has 2 N–H and O–H groups in total. The van der Waals surface area contributed by atoms with Crippen LogP contribution in [0.3, 0.4) is 0 Å². The summed E-state index contributed by atoms with van der Waals surface area (Å²) in [4.78, 5) is 11.8. The molecule has 5 heteroatoms. The minimum Gasteiger partial charge on any atom is -0.472 e. The normalized spacial score (nSPS) is 11.2. The van der Waals surface area contributed by atoms with E-state index in [9.17, 15) is 4.79 Å². The number of furan rings is 1. The molecule has 0 fully saturated rings. The zero-order valence-electron chi connectivity index (χ0n) is 11.8. The van der Waals surface area contributed by atoms with E-state index in [-0.39, 0.29) is 0 Å². The van der Waals surface area contributed by atoms with E-state index in [1.54, 1.807) is 45.4 Å². The number of carbonyl (C=O) groups is 1. The zero-order valence-corrected chi connectivity index (χ0v) is 11.8. The first-order chi connectivity index (χ1) is 9.37. The van der Waals surface area contributed by atoms with Gasteiger partial charge in [0, 0.05) is 5.56 Å². The van der Waals surface area contributed by atoms with Gasteiger partial charge in [0.05, 0.1) is 18.2 Å². The van der Waals surface area contributed by atoms with Crippen molar-refractivity contribution in [1.29, 1.82) is 0 Å². The fraction of sp³-hybridized carbons (Fsp3) is 0.267. The van der Waals surface area contributed by atoms with Gasteiger partial charge in [-0.15, -0.1) is 0 Å². The molecule has 0 aliphatic heterocycles. The minimum atomic E-state index is -0.589. The molecule has 0 radical (unpaired) electrons. The summed E-state index contributed by atoms with van der Waals surface area (Å²) in [7, 11) is 0. The average molecular weight is 274 g/mol. The van der Waals surface area contributed by atoms with E-state index in [0.717, 1.165) is 16.1 Å². The first-order valence-electron chi connectivity index (χ1n) is 6.27. The van der Waals surface area contributed by atoms with Crippen molar-refractivity contribution < 1.29 is 13.9 Å². The fourth-order valence-corrected chi connectivity index (χ4v) is 1.66. The predicted molar refractivity (Wildman–Crippen MR) is 77.0 cm³/mol. The highest BCUT2D eigenvalue weighted by molar-refractivity contribution is 5.86. The molecular formula is C15H18N2O3. The standard InChI is InChI=1S/C15H18N2O3/c1-15(2,3)20-14(18)17(16)13-6-4-11(5-7-13)12-8-9-19-10-12/h4-10H,16H2,1-3H3. The minimum absolute atomic E-state index is 0.562. The second-order valence-electron chi connectivity index (χ2n) is 5.41. The highest BCUT2D eigenvalue weighted by atomic mass is 16.6. The second-order valence-corrected chi connectivity index (χ2v) is 5.41. The van der Waals surface area contributed by atoms with Crippen LogP contribution in [0.5, 0.6) is 0 Å². The summed E-state index contributed by atoms with van der Waals surface area (Å²) in [5.41, 5.74) is 1.94. The van der Waals surface area contributed by atoms with Crippen molar-refractivity contribution in [3.05, 3.63) is 42.9 Å². The Labute approximate surface area is 117 Å². The lowest BCUT2D eigenvalue weighted by molar-refractivity contribution is 0.0580. The Hall–Kier alpha value is -2.27. The van der Waals surface area contributed by atoms with E-state index in [4.69, 9.17) is 15.0 Å². The number of hydrazine groups is 1. The molecule has 0 saturated heterocycles. The van der Waals surface area contributed by atoms with Gasteiger partial charge in [-0.25, -0.2) is 15.6 Å². The molecule has 2 rings (SSSR count). The van der Waals surface area contributed by atoms with Crippen molar-refractivity contribution in [3.63, 3.8) is 0 Å². The number of ether oxygens (including phenoxy) is 1. The van der Waals surface area contributed by atoms with Gasteiger partial charge >= 0.3 is 6.09 Å². The Morgan fingerprint density at radius 3 is 2.30 bits per heavy atom. The van der Waals surface area contributed by atoms with Crippen LogP contribution in [0, 0.1) is 0 Å².